The van der Waals surface area contributed by atoms with Gasteiger partial charge >= 0.3 is 0 Å². The van der Waals surface area contributed by atoms with Crippen LogP contribution in [0, 0.1) is 5.92 Å². The van der Waals surface area contributed by atoms with Gasteiger partial charge in [0.2, 0.25) is 0 Å². The zero-order valence-corrected chi connectivity index (χ0v) is 15.3. The van der Waals surface area contributed by atoms with Crippen molar-refractivity contribution >= 4 is 0 Å². The fourth-order valence-electron chi connectivity index (χ4n) is 3.99. The zero-order chi connectivity index (χ0) is 16.8. The molecule has 0 amide bonds. The van der Waals surface area contributed by atoms with Gasteiger partial charge in [-0.25, -0.2) is 0 Å². The summed E-state index contributed by atoms with van der Waals surface area (Å²) in [5, 5.41) is 20.1. The molecule has 2 aliphatic heterocycles. The molecule has 0 saturated carbocycles. The molecule has 2 heterocycles. The van der Waals surface area contributed by atoms with Gasteiger partial charge < -0.3 is 15.1 Å². The highest BCUT2D eigenvalue weighted by atomic mass is 16.3. The molecule has 0 radical (unpaired) electrons. The van der Waals surface area contributed by atoms with Crippen molar-refractivity contribution in [2.75, 3.05) is 52.4 Å². The predicted octanol–water partition coefficient (Wildman–Crippen LogP) is 0.856. The summed E-state index contributed by atoms with van der Waals surface area (Å²) in [7, 11) is 0. The first-order valence-corrected chi connectivity index (χ1v) is 9.52. The summed E-state index contributed by atoms with van der Waals surface area (Å²) in [6.45, 7) is 14.0. The molecule has 3 atom stereocenters. The maximum absolute atomic E-state index is 10.5. The van der Waals surface area contributed by atoms with Crippen LogP contribution in [-0.4, -0.2) is 95.5 Å². The van der Waals surface area contributed by atoms with E-state index in [1.165, 1.54) is 12.8 Å². The van der Waals surface area contributed by atoms with Crippen molar-refractivity contribution in [2.24, 2.45) is 5.92 Å². The Labute approximate surface area is 142 Å². The number of nitrogens with zero attached hydrogens (tertiary/aromatic N) is 3. The number of hydrogen-bond acceptors (Lipinski definition) is 5. The third kappa shape index (κ3) is 6.31. The van der Waals surface area contributed by atoms with E-state index in [9.17, 15) is 10.2 Å². The molecule has 2 rings (SSSR count). The summed E-state index contributed by atoms with van der Waals surface area (Å²) >= 11 is 0. The van der Waals surface area contributed by atoms with Crippen molar-refractivity contribution in [3.8, 4) is 0 Å². The first kappa shape index (κ1) is 19.1. The number of aliphatic hydroxyl groups excluding tert-OH is 2. The molecule has 0 bridgehead atoms. The second kappa shape index (κ2) is 9.33. The Morgan fingerprint density at radius 1 is 0.957 bits per heavy atom. The largest absolute Gasteiger partial charge is 0.392 e. The number of piperidine rings is 1. The van der Waals surface area contributed by atoms with Gasteiger partial charge in [0.25, 0.3) is 0 Å². The smallest absolute Gasteiger partial charge is 0.0793 e. The topological polar surface area (TPSA) is 50.2 Å². The molecule has 2 saturated heterocycles. The third-order valence-electron chi connectivity index (χ3n) is 5.47. The third-order valence-corrected chi connectivity index (χ3v) is 5.47. The number of piperazine rings is 1. The molecule has 0 unspecified atom stereocenters. The standard InChI is InChI=1S/C18H37N3O2/c1-4-17-12-20(9-10-21(17)11-16(3)22)14-18(23)13-19-7-5-15(2)6-8-19/h15-18,22-23H,4-14H2,1-3H3/t16-,17+,18+/m0/s1. The van der Waals surface area contributed by atoms with Crippen LogP contribution in [0.2, 0.25) is 0 Å². The van der Waals surface area contributed by atoms with Crippen LogP contribution in [0.25, 0.3) is 0 Å². The zero-order valence-electron chi connectivity index (χ0n) is 15.3. The van der Waals surface area contributed by atoms with E-state index in [1.54, 1.807) is 0 Å². The van der Waals surface area contributed by atoms with Crippen molar-refractivity contribution in [3.05, 3.63) is 0 Å². The van der Waals surface area contributed by atoms with E-state index in [-0.39, 0.29) is 12.2 Å². The molecule has 0 aromatic carbocycles. The fraction of sp³-hybridized carbons (Fsp3) is 1.00. The Morgan fingerprint density at radius 2 is 1.61 bits per heavy atom. The normalized spacial score (nSPS) is 28.8. The van der Waals surface area contributed by atoms with E-state index < -0.39 is 0 Å². The maximum atomic E-state index is 10.5. The highest BCUT2D eigenvalue weighted by Crippen LogP contribution is 2.17. The van der Waals surface area contributed by atoms with E-state index in [0.29, 0.717) is 6.04 Å². The van der Waals surface area contributed by atoms with Gasteiger partial charge in [-0.05, 0) is 45.2 Å². The first-order valence-electron chi connectivity index (χ1n) is 9.52. The van der Waals surface area contributed by atoms with E-state index in [0.717, 1.165) is 64.7 Å². The molecule has 0 spiro atoms. The minimum absolute atomic E-state index is 0.246. The lowest BCUT2D eigenvalue weighted by Crippen LogP contribution is -2.56. The van der Waals surface area contributed by atoms with Gasteiger partial charge in [-0.1, -0.05) is 13.8 Å². The Kier molecular flexibility index (Phi) is 7.76. The SMILES string of the molecule is CC[C@@H]1CN(C[C@H](O)CN2CCC(C)CC2)CCN1C[C@H](C)O. The van der Waals surface area contributed by atoms with Crippen LogP contribution >= 0.6 is 0 Å². The number of β-amino-alcohol motifs (C(OH)–C–C–N with tert-alkyl or cyclic N) is 2. The molecule has 0 aromatic rings. The molecule has 5 heteroatoms. The van der Waals surface area contributed by atoms with E-state index in [1.807, 2.05) is 6.92 Å². The summed E-state index contributed by atoms with van der Waals surface area (Å²) < 4.78 is 0. The van der Waals surface area contributed by atoms with Crippen molar-refractivity contribution in [1.82, 2.24) is 14.7 Å². The average molecular weight is 328 g/mol. The van der Waals surface area contributed by atoms with Crippen LogP contribution in [0.15, 0.2) is 0 Å². The minimum atomic E-state index is -0.261. The van der Waals surface area contributed by atoms with Gasteiger partial charge in [-0.2, -0.15) is 0 Å². The number of hydrogen-bond donors (Lipinski definition) is 2. The summed E-state index contributed by atoms with van der Waals surface area (Å²) in [6, 6.07) is 0.501. The molecule has 5 nitrogen and oxygen atoms in total. The fourth-order valence-corrected chi connectivity index (χ4v) is 3.99. The Morgan fingerprint density at radius 3 is 2.22 bits per heavy atom. The Balaban J connectivity index is 1.73. The van der Waals surface area contributed by atoms with Crippen LogP contribution in [0.1, 0.15) is 40.0 Å². The lowest BCUT2D eigenvalue weighted by atomic mass is 9.99. The van der Waals surface area contributed by atoms with Crippen LogP contribution in [0.5, 0.6) is 0 Å². The van der Waals surface area contributed by atoms with Gasteiger partial charge in [0, 0.05) is 45.3 Å². The van der Waals surface area contributed by atoms with Crippen molar-refractivity contribution in [1.29, 1.82) is 0 Å². The lowest BCUT2D eigenvalue weighted by molar-refractivity contribution is 0.00769. The molecule has 2 fully saturated rings. The average Bonchev–Trinajstić information content (AvgIpc) is 2.50. The number of likely N-dealkylation sites (tertiary alicyclic amines) is 1. The molecular formula is C18H37N3O2. The van der Waals surface area contributed by atoms with E-state index >= 15 is 0 Å². The Bertz CT molecular complexity index is 332. The number of rotatable bonds is 7. The lowest BCUT2D eigenvalue weighted by Gasteiger charge is -2.42. The summed E-state index contributed by atoms with van der Waals surface area (Å²) in [6.07, 6.45) is 3.13. The minimum Gasteiger partial charge on any atom is -0.392 e. The Hall–Kier alpha value is -0.200. The highest BCUT2D eigenvalue weighted by molar-refractivity contribution is 4.84. The molecule has 23 heavy (non-hydrogen) atoms. The molecule has 2 aliphatic rings. The quantitative estimate of drug-likeness (QED) is 0.726. The summed E-state index contributed by atoms with van der Waals surface area (Å²) in [5.74, 6) is 0.843. The van der Waals surface area contributed by atoms with Crippen LogP contribution in [0.3, 0.4) is 0 Å². The second-order valence-corrected chi connectivity index (χ2v) is 7.80. The van der Waals surface area contributed by atoms with Crippen LogP contribution in [0.4, 0.5) is 0 Å². The van der Waals surface area contributed by atoms with Gasteiger partial charge in [-0.15, -0.1) is 0 Å². The van der Waals surface area contributed by atoms with E-state index in [4.69, 9.17) is 0 Å². The monoisotopic (exact) mass is 327 g/mol. The maximum Gasteiger partial charge on any atom is 0.0793 e. The van der Waals surface area contributed by atoms with Crippen LogP contribution in [-0.2, 0) is 0 Å². The molecule has 0 aromatic heterocycles. The van der Waals surface area contributed by atoms with Gasteiger partial charge in [0.15, 0.2) is 0 Å². The summed E-state index contributed by atoms with van der Waals surface area (Å²) in [5.41, 5.74) is 0. The van der Waals surface area contributed by atoms with Crippen LogP contribution < -0.4 is 0 Å². The first-order chi connectivity index (χ1) is 11.0. The molecule has 0 aliphatic carbocycles. The van der Waals surface area contributed by atoms with Crippen molar-refractivity contribution in [3.63, 3.8) is 0 Å². The molecule has 136 valence electrons. The molecular weight excluding hydrogens is 290 g/mol. The number of aliphatic hydroxyl groups is 2. The highest BCUT2D eigenvalue weighted by Gasteiger charge is 2.28. The van der Waals surface area contributed by atoms with Gasteiger partial charge in [0.1, 0.15) is 0 Å². The van der Waals surface area contributed by atoms with Gasteiger partial charge in [-0.3, -0.25) is 9.80 Å². The predicted molar refractivity (Wildman–Crippen MR) is 94.6 cm³/mol. The van der Waals surface area contributed by atoms with Gasteiger partial charge in [0.05, 0.1) is 12.2 Å². The van der Waals surface area contributed by atoms with Crippen molar-refractivity contribution < 1.29 is 10.2 Å². The second-order valence-electron chi connectivity index (χ2n) is 7.80. The van der Waals surface area contributed by atoms with E-state index in [2.05, 4.69) is 28.5 Å². The summed E-state index contributed by atoms with van der Waals surface area (Å²) in [4.78, 5) is 7.23. The molecule has 2 N–H and O–H groups in total. The van der Waals surface area contributed by atoms with Crippen molar-refractivity contribution in [2.45, 2.75) is 58.3 Å².